The zero-order chi connectivity index (χ0) is 12.8. The van der Waals surface area contributed by atoms with Gasteiger partial charge in [0.1, 0.15) is 12.4 Å². The van der Waals surface area contributed by atoms with Gasteiger partial charge in [-0.25, -0.2) is 0 Å². The second-order valence-corrected chi connectivity index (χ2v) is 5.39. The summed E-state index contributed by atoms with van der Waals surface area (Å²) in [4.78, 5) is 0. The molecule has 3 heteroatoms. The lowest BCUT2D eigenvalue weighted by Crippen LogP contribution is -2.20. The molecule has 0 unspecified atom stereocenters. The predicted molar refractivity (Wildman–Crippen MR) is 72.3 cm³/mol. The summed E-state index contributed by atoms with van der Waals surface area (Å²) in [5.41, 5.74) is 1.20. The van der Waals surface area contributed by atoms with Gasteiger partial charge < -0.3 is 14.5 Å². The molecule has 1 aliphatic rings. The molecular formula is C15H25NO2. The smallest absolute Gasteiger partial charge is 0.129 e. The highest BCUT2D eigenvalue weighted by molar-refractivity contribution is 5.12. The van der Waals surface area contributed by atoms with Crippen LogP contribution in [0.2, 0.25) is 0 Å². The highest BCUT2D eigenvalue weighted by Gasteiger charge is 2.18. The van der Waals surface area contributed by atoms with Crippen molar-refractivity contribution in [2.45, 2.75) is 58.8 Å². The van der Waals surface area contributed by atoms with Crippen LogP contribution in [0.1, 0.15) is 50.9 Å². The Hall–Kier alpha value is -0.800. The van der Waals surface area contributed by atoms with Gasteiger partial charge in [-0.3, -0.25) is 0 Å². The van der Waals surface area contributed by atoms with Gasteiger partial charge in [0.15, 0.2) is 0 Å². The van der Waals surface area contributed by atoms with Crippen LogP contribution >= 0.6 is 0 Å². The summed E-state index contributed by atoms with van der Waals surface area (Å²) < 4.78 is 11.4. The van der Waals surface area contributed by atoms with Crippen molar-refractivity contribution in [3.63, 3.8) is 0 Å². The molecule has 0 aliphatic heterocycles. The minimum absolute atomic E-state index is 0.434. The molecule has 0 spiro atoms. The zero-order valence-electron chi connectivity index (χ0n) is 11.6. The van der Waals surface area contributed by atoms with E-state index >= 15 is 0 Å². The SMILES string of the molecule is CCNCc1coc(COC2CCC(C)CC2)c1. The average Bonchev–Trinajstić information content (AvgIpc) is 2.84. The van der Waals surface area contributed by atoms with Crippen molar-refractivity contribution in [3.05, 3.63) is 23.7 Å². The number of hydrogen-bond acceptors (Lipinski definition) is 3. The normalized spacial score (nSPS) is 24.3. The van der Waals surface area contributed by atoms with Crippen LogP contribution in [-0.4, -0.2) is 12.6 Å². The van der Waals surface area contributed by atoms with E-state index in [-0.39, 0.29) is 0 Å². The largest absolute Gasteiger partial charge is 0.467 e. The molecule has 1 fully saturated rings. The van der Waals surface area contributed by atoms with Crippen LogP contribution in [0.15, 0.2) is 16.7 Å². The monoisotopic (exact) mass is 251 g/mol. The van der Waals surface area contributed by atoms with E-state index < -0.39 is 0 Å². The maximum Gasteiger partial charge on any atom is 0.129 e. The Morgan fingerprint density at radius 3 is 2.83 bits per heavy atom. The number of ether oxygens (including phenoxy) is 1. The molecule has 0 amide bonds. The van der Waals surface area contributed by atoms with Gasteiger partial charge in [0.05, 0.1) is 12.4 Å². The lowest BCUT2D eigenvalue weighted by molar-refractivity contribution is 0.00127. The van der Waals surface area contributed by atoms with Crippen molar-refractivity contribution in [2.24, 2.45) is 5.92 Å². The first-order valence-corrected chi connectivity index (χ1v) is 7.16. The van der Waals surface area contributed by atoms with E-state index in [4.69, 9.17) is 9.15 Å². The lowest BCUT2D eigenvalue weighted by Gasteiger charge is -2.25. The van der Waals surface area contributed by atoms with E-state index in [0.717, 1.165) is 24.8 Å². The summed E-state index contributed by atoms with van der Waals surface area (Å²) in [5, 5.41) is 3.29. The average molecular weight is 251 g/mol. The quantitative estimate of drug-likeness (QED) is 0.840. The number of furan rings is 1. The summed E-state index contributed by atoms with van der Waals surface area (Å²) in [6, 6.07) is 2.09. The van der Waals surface area contributed by atoms with Gasteiger partial charge in [0, 0.05) is 12.1 Å². The summed E-state index contributed by atoms with van der Waals surface area (Å²) >= 11 is 0. The first-order valence-electron chi connectivity index (χ1n) is 7.16. The molecule has 1 N–H and O–H groups in total. The van der Waals surface area contributed by atoms with E-state index in [2.05, 4.69) is 25.2 Å². The van der Waals surface area contributed by atoms with E-state index in [9.17, 15) is 0 Å². The van der Waals surface area contributed by atoms with Crippen LogP contribution in [0.3, 0.4) is 0 Å². The maximum absolute atomic E-state index is 5.92. The molecule has 2 rings (SSSR count). The molecule has 102 valence electrons. The Kier molecular flexibility index (Phi) is 5.26. The van der Waals surface area contributed by atoms with Gasteiger partial charge in [-0.05, 0) is 44.2 Å². The van der Waals surface area contributed by atoms with Gasteiger partial charge in [0.2, 0.25) is 0 Å². The molecule has 0 radical (unpaired) electrons. The topological polar surface area (TPSA) is 34.4 Å². The van der Waals surface area contributed by atoms with Gasteiger partial charge >= 0.3 is 0 Å². The molecule has 1 heterocycles. The van der Waals surface area contributed by atoms with E-state index in [1.807, 2.05) is 6.26 Å². The molecule has 3 nitrogen and oxygen atoms in total. The molecule has 1 aromatic heterocycles. The van der Waals surface area contributed by atoms with Crippen molar-refractivity contribution < 1.29 is 9.15 Å². The third-order valence-electron chi connectivity index (χ3n) is 3.71. The lowest BCUT2D eigenvalue weighted by atomic mass is 9.89. The Morgan fingerprint density at radius 1 is 1.33 bits per heavy atom. The van der Waals surface area contributed by atoms with Crippen LogP contribution in [0, 0.1) is 5.92 Å². The van der Waals surface area contributed by atoms with Gasteiger partial charge in [-0.15, -0.1) is 0 Å². The molecule has 0 bridgehead atoms. The van der Waals surface area contributed by atoms with Crippen LogP contribution in [0.5, 0.6) is 0 Å². The van der Waals surface area contributed by atoms with Crippen LogP contribution in [0.4, 0.5) is 0 Å². The van der Waals surface area contributed by atoms with Gasteiger partial charge in [0.25, 0.3) is 0 Å². The standard InChI is InChI=1S/C15H25NO2/c1-3-16-9-13-8-15(17-10-13)11-18-14-6-4-12(2)5-7-14/h8,10,12,14,16H,3-7,9,11H2,1-2H3. The third-order valence-corrected chi connectivity index (χ3v) is 3.71. The van der Waals surface area contributed by atoms with Crippen molar-refractivity contribution >= 4 is 0 Å². The van der Waals surface area contributed by atoms with Crippen molar-refractivity contribution in [2.75, 3.05) is 6.54 Å². The first-order chi connectivity index (χ1) is 8.78. The highest BCUT2D eigenvalue weighted by Crippen LogP contribution is 2.26. The summed E-state index contributed by atoms with van der Waals surface area (Å²) in [6.45, 7) is 6.91. The molecule has 18 heavy (non-hydrogen) atoms. The first kappa shape index (κ1) is 13.6. The Balaban J connectivity index is 1.71. The van der Waals surface area contributed by atoms with Crippen molar-refractivity contribution in [3.8, 4) is 0 Å². The number of rotatable bonds is 6. The predicted octanol–water partition coefficient (Wildman–Crippen LogP) is 3.48. The van der Waals surface area contributed by atoms with Crippen LogP contribution in [-0.2, 0) is 17.9 Å². The Morgan fingerprint density at radius 2 is 2.11 bits per heavy atom. The Labute approximate surface area is 110 Å². The fourth-order valence-electron chi connectivity index (χ4n) is 2.46. The fourth-order valence-corrected chi connectivity index (χ4v) is 2.46. The fraction of sp³-hybridized carbons (Fsp3) is 0.733. The highest BCUT2D eigenvalue weighted by atomic mass is 16.5. The molecule has 1 aromatic rings. The second-order valence-electron chi connectivity index (χ2n) is 5.39. The molecule has 1 aliphatic carbocycles. The molecular weight excluding hydrogens is 226 g/mol. The molecule has 1 saturated carbocycles. The summed E-state index contributed by atoms with van der Waals surface area (Å²) in [7, 11) is 0. The molecule has 0 aromatic carbocycles. The minimum Gasteiger partial charge on any atom is -0.467 e. The summed E-state index contributed by atoms with van der Waals surface area (Å²) in [5.74, 6) is 1.82. The Bertz CT molecular complexity index is 340. The maximum atomic E-state index is 5.92. The van der Waals surface area contributed by atoms with Gasteiger partial charge in [-0.1, -0.05) is 13.8 Å². The van der Waals surface area contributed by atoms with Gasteiger partial charge in [-0.2, -0.15) is 0 Å². The van der Waals surface area contributed by atoms with E-state index in [1.165, 1.54) is 31.2 Å². The van der Waals surface area contributed by atoms with Crippen LogP contribution in [0.25, 0.3) is 0 Å². The molecule has 0 saturated heterocycles. The zero-order valence-corrected chi connectivity index (χ0v) is 11.6. The molecule has 0 atom stereocenters. The summed E-state index contributed by atoms with van der Waals surface area (Å²) in [6.07, 6.45) is 7.26. The third kappa shape index (κ3) is 4.14. The minimum atomic E-state index is 0.434. The number of hydrogen-bond donors (Lipinski definition) is 1. The van der Waals surface area contributed by atoms with Crippen molar-refractivity contribution in [1.82, 2.24) is 5.32 Å². The number of nitrogens with one attached hydrogen (secondary N) is 1. The second kappa shape index (κ2) is 6.95. The van der Waals surface area contributed by atoms with E-state index in [1.54, 1.807) is 0 Å². The van der Waals surface area contributed by atoms with E-state index in [0.29, 0.717) is 12.7 Å². The van der Waals surface area contributed by atoms with Crippen molar-refractivity contribution in [1.29, 1.82) is 0 Å². The van der Waals surface area contributed by atoms with Crippen LogP contribution < -0.4 is 5.32 Å².